The maximum atomic E-state index is 5.51. The molecule has 0 radical (unpaired) electrons. The molecule has 0 aliphatic carbocycles. The van der Waals surface area contributed by atoms with Crippen molar-refractivity contribution >= 4 is 5.71 Å². The van der Waals surface area contributed by atoms with Crippen molar-refractivity contribution in [2.24, 2.45) is 11.1 Å². The Balaban J connectivity index is 2.50. The second kappa shape index (κ2) is 15.3. The first-order chi connectivity index (χ1) is 13.6. The number of hydrogen-bond donors (Lipinski definition) is 1. The Morgan fingerprint density at radius 2 is 1.61 bits per heavy atom. The minimum Gasteiger partial charge on any atom is -0.360 e. The number of nitrogens with zero attached hydrogens (tertiary/aromatic N) is 1. The van der Waals surface area contributed by atoms with Gasteiger partial charge in [0.05, 0.1) is 12.3 Å². The second-order valence-corrected chi connectivity index (χ2v) is 7.87. The van der Waals surface area contributed by atoms with Crippen LogP contribution in [0, 0.1) is 5.92 Å². The number of likely N-dealkylation sites (N-methyl/N-ethyl adjacent to an activating group) is 1. The van der Waals surface area contributed by atoms with Gasteiger partial charge in [0, 0.05) is 5.92 Å². The summed E-state index contributed by atoms with van der Waals surface area (Å²) in [6.07, 6.45) is 13.1. The van der Waals surface area contributed by atoms with E-state index in [4.69, 9.17) is 4.84 Å². The number of unbranched alkanes of at least 4 members (excludes halogenated alkanes) is 7. The first-order valence-electron chi connectivity index (χ1n) is 11.3. The molecule has 1 unspecified atom stereocenters. The van der Waals surface area contributed by atoms with E-state index in [-0.39, 0.29) is 0 Å². The van der Waals surface area contributed by atoms with Crippen molar-refractivity contribution in [2.75, 3.05) is 13.6 Å². The Hall–Kier alpha value is -1.61. The van der Waals surface area contributed by atoms with Crippen molar-refractivity contribution in [3.05, 3.63) is 47.7 Å². The lowest BCUT2D eigenvalue weighted by atomic mass is 9.95. The fourth-order valence-electron chi connectivity index (χ4n) is 3.27. The van der Waals surface area contributed by atoms with E-state index in [0.717, 1.165) is 17.7 Å². The molecule has 3 heteroatoms. The number of rotatable bonds is 16. The van der Waals surface area contributed by atoms with Gasteiger partial charge < -0.3 is 10.2 Å². The van der Waals surface area contributed by atoms with E-state index >= 15 is 0 Å². The van der Waals surface area contributed by atoms with Crippen molar-refractivity contribution in [3.63, 3.8) is 0 Å². The lowest BCUT2D eigenvalue weighted by Gasteiger charge is -2.14. The van der Waals surface area contributed by atoms with E-state index in [1.165, 1.54) is 63.4 Å². The summed E-state index contributed by atoms with van der Waals surface area (Å²) in [7, 11) is 1.87. The van der Waals surface area contributed by atoms with Gasteiger partial charge in [0.25, 0.3) is 0 Å². The number of benzene rings is 1. The van der Waals surface area contributed by atoms with E-state index < -0.39 is 0 Å². The van der Waals surface area contributed by atoms with Crippen LogP contribution < -0.4 is 5.32 Å². The summed E-state index contributed by atoms with van der Waals surface area (Å²) in [5, 5.41) is 7.44. The van der Waals surface area contributed by atoms with Crippen molar-refractivity contribution in [1.82, 2.24) is 5.32 Å². The summed E-state index contributed by atoms with van der Waals surface area (Å²) in [4.78, 5) is 5.51. The molecule has 0 aliphatic heterocycles. The number of oxime groups is 1. The lowest BCUT2D eigenvalue weighted by molar-refractivity contribution is 0.220. The van der Waals surface area contributed by atoms with Crippen molar-refractivity contribution < 1.29 is 4.84 Å². The molecule has 1 aromatic carbocycles. The van der Waals surface area contributed by atoms with Gasteiger partial charge in [-0.1, -0.05) is 102 Å². The van der Waals surface area contributed by atoms with E-state index in [1.807, 2.05) is 7.05 Å². The van der Waals surface area contributed by atoms with Crippen LogP contribution in [-0.4, -0.2) is 19.3 Å². The van der Waals surface area contributed by atoms with E-state index in [9.17, 15) is 0 Å². The molecule has 1 rings (SSSR count). The van der Waals surface area contributed by atoms with Crippen LogP contribution in [0.5, 0.6) is 0 Å². The molecular formula is C25H42N2O. The van der Waals surface area contributed by atoms with E-state index in [1.54, 1.807) is 0 Å². The largest absolute Gasteiger partial charge is 0.360 e. The summed E-state index contributed by atoms with van der Waals surface area (Å²) in [6.45, 7) is 11.1. The van der Waals surface area contributed by atoms with Crippen LogP contribution in [0.4, 0.5) is 0 Å². The smallest absolute Gasteiger partial charge is 0.141 e. The normalized spacial score (nSPS) is 12.8. The average molecular weight is 387 g/mol. The molecular weight excluding hydrogens is 344 g/mol. The van der Waals surface area contributed by atoms with Gasteiger partial charge >= 0.3 is 0 Å². The third-order valence-electron chi connectivity index (χ3n) is 5.29. The summed E-state index contributed by atoms with van der Waals surface area (Å²) < 4.78 is 0. The zero-order valence-electron chi connectivity index (χ0n) is 18.7. The predicted octanol–water partition coefficient (Wildman–Crippen LogP) is 6.87. The van der Waals surface area contributed by atoms with Crippen LogP contribution in [0.15, 0.2) is 41.8 Å². The van der Waals surface area contributed by atoms with Crippen LogP contribution in [0.1, 0.15) is 89.7 Å². The molecule has 0 aliphatic rings. The van der Waals surface area contributed by atoms with Gasteiger partial charge in [-0.05, 0) is 37.4 Å². The molecule has 0 spiro atoms. The van der Waals surface area contributed by atoms with Gasteiger partial charge in [-0.3, -0.25) is 0 Å². The standard InChI is InChI=1S/C25H42N2O/c1-6-8-9-10-11-12-13-14-15-23-16-18-24(19-17-23)25(21(3)7-2)27-28-22(4)20-26-5/h16-19,21,26H,4,6-15,20H2,1-3,5H3/b27-25+. The molecule has 0 fully saturated rings. The number of aryl methyl sites for hydroxylation is 1. The molecule has 3 nitrogen and oxygen atoms in total. The van der Waals surface area contributed by atoms with Crippen LogP contribution in [0.25, 0.3) is 0 Å². The Bertz CT molecular complexity index is 562. The fourth-order valence-corrected chi connectivity index (χ4v) is 3.27. The van der Waals surface area contributed by atoms with Gasteiger partial charge in [0.15, 0.2) is 0 Å². The monoisotopic (exact) mass is 386 g/mol. The van der Waals surface area contributed by atoms with Crippen LogP contribution >= 0.6 is 0 Å². The Morgan fingerprint density at radius 1 is 1.00 bits per heavy atom. The van der Waals surface area contributed by atoms with Crippen molar-refractivity contribution in [2.45, 2.75) is 85.0 Å². The topological polar surface area (TPSA) is 33.6 Å². The van der Waals surface area contributed by atoms with Gasteiger partial charge in [-0.15, -0.1) is 0 Å². The summed E-state index contributed by atoms with van der Waals surface area (Å²) in [5.74, 6) is 0.982. The van der Waals surface area contributed by atoms with Gasteiger partial charge in [0.2, 0.25) is 0 Å². The number of hydrogen-bond acceptors (Lipinski definition) is 3. The summed E-state index contributed by atoms with van der Waals surface area (Å²) in [6, 6.07) is 8.87. The predicted molar refractivity (Wildman–Crippen MR) is 123 cm³/mol. The van der Waals surface area contributed by atoms with Crippen molar-refractivity contribution in [1.29, 1.82) is 0 Å². The molecule has 0 saturated carbocycles. The maximum absolute atomic E-state index is 5.51. The van der Waals surface area contributed by atoms with Crippen LogP contribution in [-0.2, 0) is 11.3 Å². The highest BCUT2D eigenvalue weighted by Crippen LogP contribution is 2.17. The minimum absolute atomic E-state index is 0.348. The highest BCUT2D eigenvalue weighted by Gasteiger charge is 2.13. The Labute approximate surface area is 173 Å². The SMILES string of the molecule is C=C(CNC)O/N=C(/c1ccc(CCCCCCCCCC)cc1)C(C)CC. The molecule has 0 amide bonds. The van der Waals surface area contributed by atoms with Gasteiger partial charge in [-0.25, -0.2) is 0 Å². The molecule has 158 valence electrons. The van der Waals surface area contributed by atoms with Gasteiger partial charge in [-0.2, -0.15) is 0 Å². The first-order valence-corrected chi connectivity index (χ1v) is 11.3. The summed E-state index contributed by atoms with van der Waals surface area (Å²) >= 11 is 0. The fraction of sp³-hybridized carbons (Fsp3) is 0.640. The molecule has 0 aromatic heterocycles. The summed E-state index contributed by atoms with van der Waals surface area (Å²) in [5.41, 5.74) is 3.56. The second-order valence-electron chi connectivity index (χ2n) is 7.87. The average Bonchev–Trinajstić information content (AvgIpc) is 2.71. The minimum atomic E-state index is 0.348. The molecule has 0 bridgehead atoms. The highest BCUT2D eigenvalue weighted by atomic mass is 16.6. The van der Waals surface area contributed by atoms with E-state index in [2.05, 4.69) is 62.1 Å². The third-order valence-corrected chi connectivity index (χ3v) is 5.29. The Kier molecular flexibility index (Phi) is 13.4. The Morgan fingerprint density at radius 3 is 2.18 bits per heavy atom. The zero-order valence-corrected chi connectivity index (χ0v) is 18.7. The molecule has 1 aromatic rings. The molecule has 28 heavy (non-hydrogen) atoms. The highest BCUT2D eigenvalue weighted by molar-refractivity contribution is 6.01. The van der Waals surface area contributed by atoms with Crippen LogP contribution in [0.3, 0.4) is 0 Å². The quantitative estimate of drug-likeness (QED) is 0.145. The molecule has 0 heterocycles. The zero-order chi connectivity index (χ0) is 20.6. The third kappa shape index (κ3) is 10.1. The maximum Gasteiger partial charge on any atom is 0.141 e. The molecule has 0 saturated heterocycles. The number of nitrogens with one attached hydrogen (secondary N) is 1. The van der Waals surface area contributed by atoms with Gasteiger partial charge in [0.1, 0.15) is 5.76 Å². The first kappa shape index (κ1) is 24.4. The van der Waals surface area contributed by atoms with Crippen molar-refractivity contribution in [3.8, 4) is 0 Å². The molecule has 1 N–H and O–H groups in total. The van der Waals surface area contributed by atoms with Crippen LogP contribution in [0.2, 0.25) is 0 Å². The molecule has 1 atom stereocenters. The van der Waals surface area contributed by atoms with E-state index in [0.29, 0.717) is 18.2 Å². The lowest BCUT2D eigenvalue weighted by Crippen LogP contribution is -2.15.